The predicted molar refractivity (Wildman–Crippen MR) is 71.3 cm³/mol. The van der Waals surface area contributed by atoms with Crippen LogP contribution in [0.1, 0.15) is 5.56 Å². The van der Waals surface area contributed by atoms with E-state index in [1.165, 1.54) is 30.3 Å². The molecule has 4 N–H and O–H groups in total. The Bertz CT molecular complexity index is 597. The molecule has 0 aliphatic carbocycles. The quantitative estimate of drug-likeness (QED) is 0.741. The van der Waals surface area contributed by atoms with Crippen molar-refractivity contribution in [3.63, 3.8) is 0 Å². The number of amides is 1. The first-order valence-corrected chi connectivity index (χ1v) is 5.67. The van der Waals surface area contributed by atoms with Gasteiger partial charge in [-0.05, 0) is 35.9 Å². The Labute approximate surface area is 109 Å². The van der Waals surface area contributed by atoms with Gasteiger partial charge in [0.05, 0.1) is 12.1 Å². The van der Waals surface area contributed by atoms with Crippen LogP contribution in [0.4, 0.5) is 15.8 Å². The number of anilines is 2. The molecule has 0 aromatic heterocycles. The van der Waals surface area contributed by atoms with Crippen molar-refractivity contribution in [2.24, 2.45) is 0 Å². The number of nitrogens with two attached hydrogens (primary N) is 1. The molecular weight excluding hydrogens is 247 g/mol. The molecule has 2 aromatic carbocycles. The van der Waals surface area contributed by atoms with Gasteiger partial charge in [-0.2, -0.15) is 0 Å². The van der Waals surface area contributed by atoms with Crippen molar-refractivity contribution in [3.05, 3.63) is 53.8 Å². The molecule has 0 spiro atoms. The molecule has 98 valence electrons. The minimum Gasteiger partial charge on any atom is -0.508 e. The van der Waals surface area contributed by atoms with Crippen molar-refractivity contribution < 1.29 is 14.3 Å². The third-order valence-electron chi connectivity index (χ3n) is 2.58. The smallest absolute Gasteiger partial charge is 0.228 e. The first-order chi connectivity index (χ1) is 9.04. The van der Waals surface area contributed by atoms with Gasteiger partial charge in [-0.25, -0.2) is 4.39 Å². The van der Waals surface area contributed by atoms with E-state index in [1.54, 1.807) is 12.1 Å². The van der Waals surface area contributed by atoms with E-state index >= 15 is 0 Å². The lowest BCUT2D eigenvalue weighted by atomic mass is 10.1. The fraction of sp³-hybridized carbons (Fsp3) is 0.0714. The van der Waals surface area contributed by atoms with Crippen molar-refractivity contribution in [2.75, 3.05) is 11.1 Å². The Hall–Kier alpha value is -2.56. The second kappa shape index (κ2) is 5.39. The Balaban J connectivity index is 2.01. The predicted octanol–water partition coefficient (Wildman–Crippen LogP) is 2.29. The van der Waals surface area contributed by atoms with E-state index in [9.17, 15) is 9.18 Å². The van der Waals surface area contributed by atoms with Crippen LogP contribution in [0.2, 0.25) is 0 Å². The number of phenols is 1. The van der Waals surface area contributed by atoms with Crippen LogP contribution in [0, 0.1) is 5.82 Å². The van der Waals surface area contributed by atoms with Gasteiger partial charge >= 0.3 is 0 Å². The number of carbonyl (C=O) groups is 1. The topological polar surface area (TPSA) is 75.3 Å². The third-order valence-corrected chi connectivity index (χ3v) is 2.58. The second-order valence-electron chi connectivity index (χ2n) is 4.13. The van der Waals surface area contributed by atoms with Crippen LogP contribution >= 0.6 is 0 Å². The van der Waals surface area contributed by atoms with Gasteiger partial charge in [0.25, 0.3) is 0 Å². The van der Waals surface area contributed by atoms with Gasteiger partial charge in [0.1, 0.15) is 11.6 Å². The molecule has 0 heterocycles. The highest BCUT2D eigenvalue weighted by Gasteiger charge is 2.06. The van der Waals surface area contributed by atoms with Crippen LogP contribution in [0.15, 0.2) is 42.5 Å². The van der Waals surface area contributed by atoms with E-state index in [-0.39, 0.29) is 23.8 Å². The number of benzene rings is 2. The molecule has 0 unspecified atom stereocenters. The van der Waals surface area contributed by atoms with Gasteiger partial charge in [0, 0.05) is 5.69 Å². The molecule has 5 heteroatoms. The van der Waals surface area contributed by atoms with Crippen LogP contribution in [0.25, 0.3) is 0 Å². The molecular formula is C14H13FN2O2. The maximum absolute atomic E-state index is 13.0. The monoisotopic (exact) mass is 260 g/mol. The van der Waals surface area contributed by atoms with Crippen LogP contribution in [-0.4, -0.2) is 11.0 Å². The van der Waals surface area contributed by atoms with Crippen LogP contribution in [0.3, 0.4) is 0 Å². The number of halogens is 1. The molecule has 0 saturated heterocycles. The molecule has 4 nitrogen and oxygen atoms in total. The summed E-state index contributed by atoms with van der Waals surface area (Å²) in [7, 11) is 0. The summed E-state index contributed by atoms with van der Waals surface area (Å²) in [5.41, 5.74) is 6.62. The molecule has 0 radical (unpaired) electrons. The number of carbonyl (C=O) groups excluding carboxylic acids is 1. The summed E-state index contributed by atoms with van der Waals surface area (Å²) >= 11 is 0. The molecule has 0 atom stereocenters. The summed E-state index contributed by atoms with van der Waals surface area (Å²) < 4.78 is 13.0. The van der Waals surface area contributed by atoms with Gasteiger partial charge in [-0.1, -0.05) is 12.1 Å². The van der Waals surface area contributed by atoms with Crippen molar-refractivity contribution >= 4 is 17.3 Å². The fourth-order valence-corrected chi connectivity index (χ4v) is 1.63. The van der Waals surface area contributed by atoms with Crippen molar-refractivity contribution in [1.82, 2.24) is 0 Å². The molecule has 0 bridgehead atoms. The number of nitrogen functional groups attached to an aromatic ring is 1. The summed E-state index contributed by atoms with van der Waals surface area (Å²) in [4.78, 5) is 11.8. The Morgan fingerprint density at radius 3 is 2.53 bits per heavy atom. The number of rotatable bonds is 3. The average Bonchev–Trinajstić information content (AvgIpc) is 2.37. The summed E-state index contributed by atoms with van der Waals surface area (Å²) in [6.45, 7) is 0. The lowest BCUT2D eigenvalue weighted by molar-refractivity contribution is -0.115. The highest BCUT2D eigenvalue weighted by Crippen LogP contribution is 2.17. The van der Waals surface area contributed by atoms with E-state index < -0.39 is 5.82 Å². The second-order valence-corrected chi connectivity index (χ2v) is 4.13. The molecule has 2 aromatic rings. The summed E-state index contributed by atoms with van der Waals surface area (Å²) in [6, 6.07) is 10.4. The molecule has 0 aliphatic rings. The lowest BCUT2D eigenvalue weighted by Crippen LogP contribution is -2.14. The summed E-state index contributed by atoms with van der Waals surface area (Å²) in [5, 5.41) is 11.8. The van der Waals surface area contributed by atoms with Gasteiger partial charge in [-0.3, -0.25) is 4.79 Å². The van der Waals surface area contributed by atoms with Gasteiger partial charge in [0.2, 0.25) is 5.91 Å². The normalized spacial score (nSPS) is 10.2. The molecule has 0 fully saturated rings. The van der Waals surface area contributed by atoms with Crippen molar-refractivity contribution in [1.29, 1.82) is 0 Å². The Kier molecular flexibility index (Phi) is 3.66. The van der Waals surface area contributed by atoms with Crippen LogP contribution < -0.4 is 11.1 Å². The number of hydrogen-bond acceptors (Lipinski definition) is 3. The number of phenolic OH excluding ortho intramolecular Hbond substituents is 1. The summed E-state index contributed by atoms with van der Waals surface area (Å²) in [5.74, 6) is -0.608. The van der Waals surface area contributed by atoms with Crippen molar-refractivity contribution in [2.45, 2.75) is 6.42 Å². The lowest BCUT2D eigenvalue weighted by Gasteiger charge is -2.06. The molecule has 0 aliphatic heterocycles. The standard InChI is InChI=1S/C14H13FN2O2/c15-12-6-3-10(8-13(12)16)17-14(19)7-9-1-4-11(18)5-2-9/h1-6,8,18H,7,16H2,(H,17,19). The molecule has 1 amide bonds. The number of aromatic hydroxyl groups is 1. The first-order valence-electron chi connectivity index (χ1n) is 5.67. The zero-order valence-electron chi connectivity index (χ0n) is 10.1. The van der Waals surface area contributed by atoms with Crippen molar-refractivity contribution in [3.8, 4) is 5.75 Å². The zero-order valence-corrected chi connectivity index (χ0v) is 10.1. The van der Waals surface area contributed by atoms with Crippen LogP contribution in [0.5, 0.6) is 5.75 Å². The van der Waals surface area contributed by atoms with E-state index in [4.69, 9.17) is 10.8 Å². The highest BCUT2D eigenvalue weighted by molar-refractivity contribution is 5.92. The third kappa shape index (κ3) is 3.45. The average molecular weight is 260 g/mol. The molecule has 2 rings (SSSR count). The Morgan fingerprint density at radius 2 is 1.89 bits per heavy atom. The van der Waals surface area contributed by atoms with E-state index in [2.05, 4.69) is 5.32 Å². The minimum absolute atomic E-state index is 0.0116. The van der Waals surface area contributed by atoms with E-state index in [1.807, 2.05) is 0 Å². The maximum Gasteiger partial charge on any atom is 0.228 e. The van der Waals surface area contributed by atoms with E-state index in [0.29, 0.717) is 5.69 Å². The highest BCUT2D eigenvalue weighted by atomic mass is 19.1. The van der Waals surface area contributed by atoms with E-state index in [0.717, 1.165) is 5.56 Å². The molecule has 19 heavy (non-hydrogen) atoms. The van der Waals surface area contributed by atoms with Gasteiger partial charge in [0.15, 0.2) is 0 Å². The Morgan fingerprint density at radius 1 is 1.21 bits per heavy atom. The van der Waals surface area contributed by atoms with Gasteiger partial charge < -0.3 is 16.2 Å². The van der Waals surface area contributed by atoms with Crippen LogP contribution in [-0.2, 0) is 11.2 Å². The minimum atomic E-state index is -0.517. The SMILES string of the molecule is Nc1cc(NC(=O)Cc2ccc(O)cc2)ccc1F. The summed E-state index contributed by atoms with van der Waals surface area (Å²) in [6.07, 6.45) is 0.164. The largest absolute Gasteiger partial charge is 0.508 e. The van der Waals surface area contributed by atoms with Gasteiger partial charge in [-0.15, -0.1) is 0 Å². The number of nitrogens with one attached hydrogen (secondary N) is 1. The fourth-order valence-electron chi connectivity index (χ4n) is 1.63. The maximum atomic E-state index is 13.0. The first kappa shape index (κ1) is 12.9. The molecule has 0 saturated carbocycles. The zero-order chi connectivity index (χ0) is 13.8. The number of hydrogen-bond donors (Lipinski definition) is 3.